The molecule has 1 aromatic carbocycles. The van der Waals surface area contributed by atoms with Gasteiger partial charge in [-0.1, -0.05) is 37.3 Å². The molecule has 1 heterocycles. The van der Waals surface area contributed by atoms with Gasteiger partial charge in [-0.2, -0.15) is 5.10 Å². The molecule has 0 aliphatic carbocycles. The van der Waals surface area contributed by atoms with Crippen molar-refractivity contribution in [1.82, 2.24) is 15.1 Å². The van der Waals surface area contributed by atoms with Gasteiger partial charge in [0.25, 0.3) is 0 Å². The average molecular weight is 273 g/mol. The van der Waals surface area contributed by atoms with Crippen molar-refractivity contribution in [3.63, 3.8) is 0 Å². The van der Waals surface area contributed by atoms with Gasteiger partial charge in [0, 0.05) is 19.6 Å². The Balaban J connectivity index is 1.91. The van der Waals surface area contributed by atoms with Gasteiger partial charge in [0.1, 0.15) is 0 Å². The number of nitrogens with zero attached hydrogens (tertiary/aromatic N) is 2. The molecule has 4 heteroatoms. The van der Waals surface area contributed by atoms with E-state index in [1.54, 1.807) is 0 Å². The largest absolute Gasteiger partial charge is 0.395 e. The van der Waals surface area contributed by atoms with Crippen LogP contribution in [-0.4, -0.2) is 27.5 Å². The lowest BCUT2D eigenvalue weighted by molar-refractivity contribution is 0.240. The first-order valence-electron chi connectivity index (χ1n) is 7.13. The summed E-state index contributed by atoms with van der Waals surface area (Å²) in [6.07, 6.45) is 1.77. The number of hydrogen-bond acceptors (Lipinski definition) is 3. The first kappa shape index (κ1) is 14.8. The van der Waals surface area contributed by atoms with Crippen LogP contribution in [0.3, 0.4) is 0 Å². The number of aliphatic hydroxyl groups excluding tert-OH is 1. The first-order valence-corrected chi connectivity index (χ1v) is 7.13. The summed E-state index contributed by atoms with van der Waals surface area (Å²) in [6, 6.07) is 12.4. The monoisotopic (exact) mass is 273 g/mol. The van der Waals surface area contributed by atoms with Crippen molar-refractivity contribution in [3.8, 4) is 0 Å². The number of benzene rings is 1. The molecule has 1 atom stereocenters. The summed E-state index contributed by atoms with van der Waals surface area (Å²) in [4.78, 5) is 0. The fourth-order valence-corrected chi connectivity index (χ4v) is 2.26. The van der Waals surface area contributed by atoms with Gasteiger partial charge in [-0.05, 0) is 24.5 Å². The molecule has 108 valence electrons. The maximum Gasteiger partial charge on any atom is 0.0625 e. The molecule has 2 rings (SSSR count). The Bertz CT molecular complexity index is 522. The van der Waals surface area contributed by atoms with E-state index in [-0.39, 0.29) is 12.6 Å². The molecule has 0 fully saturated rings. The van der Waals surface area contributed by atoms with Crippen LogP contribution >= 0.6 is 0 Å². The molecular formula is C16H23N3O. The average Bonchev–Trinajstić information content (AvgIpc) is 2.85. The number of nitrogens with one attached hydrogen (secondary N) is 1. The summed E-state index contributed by atoms with van der Waals surface area (Å²) >= 11 is 0. The predicted molar refractivity (Wildman–Crippen MR) is 80.4 cm³/mol. The van der Waals surface area contributed by atoms with Gasteiger partial charge < -0.3 is 10.4 Å². The normalized spacial score (nSPS) is 12.6. The van der Waals surface area contributed by atoms with Crippen LogP contribution in [-0.2, 0) is 26.4 Å². The van der Waals surface area contributed by atoms with Crippen molar-refractivity contribution in [2.75, 3.05) is 6.61 Å². The molecule has 0 spiro atoms. The number of hydrogen-bond donors (Lipinski definition) is 2. The van der Waals surface area contributed by atoms with E-state index in [1.165, 1.54) is 5.56 Å². The lowest BCUT2D eigenvalue weighted by Gasteiger charge is -2.16. The summed E-state index contributed by atoms with van der Waals surface area (Å²) in [5.74, 6) is 0. The predicted octanol–water partition coefficient (Wildman–Crippen LogP) is 1.68. The number of aryl methyl sites for hydroxylation is 2. The summed E-state index contributed by atoms with van der Waals surface area (Å²) < 4.78 is 1.91. The highest BCUT2D eigenvalue weighted by Gasteiger charge is 2.10. The zero-order valence-corrected chi connectivity index (χ0v) is 12.2. The zero-order valence-electron chi connectivity index (χ0n) is 12.2. The van der Waals surface area contributed by atoms with Crippen LogP contribution in [0.2, 0.25) is 0 Å². The molecule has 1 unspecified atom stereocenters. The Kier molecular flexibility index (Phi) is 5.32. The van der Waals surface area contributed by atoms with Crippen LogP contribution in [0.4, 0.5) is 0 Å². The summed E-state index contributed by atoms with van der Waals surface area (Å²) in [5, 5.41) is 17.3. The van der Waals surface area contributed by atoms with Crippen molar-refractivity contribution in [1.29, 1.82) is 0 Å². The van der Waals surface area contributed by atoms with Gasteiger partial charge in [0.05, 0.1) is 18.0 Å². The third-order valence-electron chi connectivity index (χ3n) is 3.51. The second-order valence-corrected chi connectivity index (χ2v) is 5.05. The summed E-state index contributed by atoms with van der Waals surface area (Å²) in [7, 11) is 1.96. The molecule has 2 aromatic rings. The number of aliphatic hydroxyl groups is 1. The van der Waals surface area contributed by atoms with Gasteiger partial charge in [-0.15, -0.1) is 0 Å². The lowest BCUT2D eigenvalue weighted by atomic mass is 10.1. The molecule has 0 aliphatic heterocycles. The highest BCUT2D eigenvalue weighted by Crippen LogP contribution is 2.06. The highest BCUT2D eigenvalue weighted by molar-refractivity contribution is 5.16. The van der Waals surface area contributed by atoms with Gasteiger partial charge in [0.15, 0.2) is 0 Å². The van der Waals surface area contributed by atoms with E-state index in [9.17, 15) is 5.11 Å². The SMILES string of the molecule is CCc1cc(CNC(CO)Cc2ccccc2)n(C)n1. The molecule has 1 aromatic heterocycles. The van der Waals surface area contributed by atoms with Crippen molar-refractivity contribution in [2.45, 2.75) is 32.4 Å². The van der Waals surface area contributed by atoms with Gasteiger partial charge >= 0.3 is 0 Å². The molecular weight excluding hydrogens is 250 g/mol. The Morgan fingerprint density at radius 2 is 2.05 bits per heavy atom. The fourth-order valence-electron chi connectivity index (χ4n) is 2.26. The van der Waals surface area contributed by atoms with E-state index in [0.29, 0.717) is 0 Å². The third kappa shape index (κ3) is 3.92. The van der Waals surface area contributed by atoms with E-state index in [4.69, 9.17) is 0 Å². The second-order valence-electron chi connectivity index (χ2n) is 5.05. The van der Waals surface area contributed by atoms with Crippen molar-refractivity contribution < 1.29 is 5.11 Å². The van der Waals surface area contributed by atoms with E-state index < -0.39 is 0 Å². The topological polar surface area (TPSA) is 50.1 Å². The molecule has 0 radical (unpaired) electrons. The molecule has 4 nitrogen and oxygen atoms in total. The van der Waals surface area contributed by atoms with E-state index in [0.717, 1.165) is 30.8 Å². The number of aromatic nitrogens is 2. The maximum absolute atomic E-state index is 9.50. The van der Waals surface area contributed by atoms with Gasteiger partial charge in [-0.3, -0.25) is 4.68 Å². The van der Waals surface area contributed by atoms with Crippen molar-refractivity contribution >= 4 is 0 Å². The molecule has 0 aliphatic rings. The minimum atomic E-state index is 0.0670. The van der Waals surface area contributed by atoms with Crippen molar-refractivity contribution in [3.05, 3.63) is 53.3 Å². The van der Waals surface area contributed by atoms with Gasteiger partial charge in [0.2, 0.25) is 0 Å². The molecule has 0 amide bonds. The highest BCUT2D eigenvalue weighted by atomic mass is 16.3. The minimum Gasteiger partial charge on any atom is -0.395 e. The minimum absolute atomic E-state index is 0.0670. The lowest BCUT2D eigenvalue weighted by Crippen LogP contribution is -2.34. The Morgan fingerprint density at radius 1 is 1.30 bits per heavy atom. The van der Waals surface area contributed by atoms with Crippen LogP contribution in [0, 0.1) is 0 Å². The van der Waals surface area contributed by atoms with Crippen LogP contribution < -0.4 is 5.32 Å². The van der Waals surface area contributed by atoms with Crippen LogP contribution in [0.15, 0.2) is 36.4 Å². The van der Waals surface area contributed by atoms with Gasteiger partial charge in [-0.25, -0.2) is 0 Å². The Hall–Kier alpha value is -1.65. The third-order valence-corrected chi connectivity index (χ3v) is 3.51. The second kappa shape index (κ2) is 7.22. The molecule has 2 N–H and O–H groups in total. The fraction of sp³-hybridized carbons (Fsp3) is 0.438. The summed E-state index contributed by atoms with van der Waals surface area (Å²) in [5.41, 5.74) is 3.49. The smallest absolute Gasteiger partial charge is 0.0625 e. The van der Waals surface area contributed by atoms with Crippen molar-refractivity contribution in [2.24, 2.45) is 7.05 Å². The molecule has 0 saturated carbocycles. The zero-order chi connectivity index (χ0) is 14.4. The molecule has 0 bridgehead atoms. The van der Waals surface area contributed by atoms with Crippen LogP contribution in [0.5, 0.6) is 0 Å². The van der Waals surface area contributed by atoms with E-state index in [2.05, 4.69) is 35.5 Å². The van der Waals surface area contributed by atoms with E-state index in [1.807, 2.05) is 29.9 Å². The molecule has 0 saturated heterocycles. The first-order chi connectivity index (χ1) is 9.72. The summed E-state index contributed by atoms with van der Waals surface area (Å²) in [6.45, 7) is 2.96. The Labute approximate surface area is 120 Å². The van der Waals surface area contributed by atoms with Crippen LogP contribution in [0.25, 0.3) is 0 Å². The number of rotatable bonds is 7. The standard InChI is InChI=1S/C16H23N3O/c1-3-14-10-16(19(2)18-14)11-17-15(12-20)9-13-7-5-4-6-8-13/h4-8,10,15,17,20H,3,9,11-12H2,1-2H3. The quantitative estimate of drug-likeness (QED) is 0.807. The van der Waals surface area contributed by atoms with Crippen LogP contribution in [0.1, 0.15) is 23.9 Å². The Morgan fingerprint density at radius 3 is 2.65 bits per heavy atom. The molecule has 20 heavy (non-hydrogen) atoms. The van der Waals surface area contributed by atoms with E-state index >= 15 is 0 Å². The maximum atomic E-state index is 9.50.